The van der Waals surface area contributed by atoms with Gasteiger partial charge in [-0.3, -0.25) is 0 Å². The largest absolute Gasteiger partial charge is 0.381 e. The molecule has 0 unspecified atom stereocenters. The van der Waals surface area contributed by atoms with Gasteiger partial charge in [-0.1, -0.05) is 13.0 Å². The van der Waals surface area contributed by atoms with E-state index < -0.39 is 10.0 Å². The molecule has 0 atom stereocenters. The maximum atomic E-state index is 12.4. The summed E-state index contributed by atoms with van der Waals surface area (Å²) >= 11 is 0. The molecule has 0 spiro atoms. The van der Waals surface area contributed by atoms with Gasteiger partial charge in [0.1, 0.15) is 0 Å². The number of rotatable bonds is 5. The standard InChI is InChI=1S/C15H24N2O3S/c1-12-9-14(4-3-13(12)10-16)21(18,19)17-11-15(2)5-7-20-8-6-15/h3-4,9,17H,5-8,10-11,16H2,1-2H3. The fourth-order valence-electron chi connectivity index (χ4n) is 2.46. The molecular formula is C15H24N2O3S. The lowest BCUT2D eigenvalue weighted by Gasteiger charge is -2.33. The summed E-state index contributed by atoms with van der Waals surface area (Å²) in [6.45, 7) is 6.22. The van der Waals surface area contributed by atoms with Crippen molar-refractivity contribution in [1.82, 2.24) is 4.72 Å². The normalized spacial score (nSPS) is 18.6. The van der Waals surface area contributed by atoms with Gasteiger partial charge in [-0.2, -0.15) is 0 Å². The Morgan fingerprint density at radius 3 is 2.57 bits per heavy atom. The first kappa shape index (κ1) is 16.4. The molecule has 1 saturated heterocycles. The number of hydrogen-bond acceptors (Lipinski definition) is 4. The van der Waals surface area contributed by atoms with Crippen molar-refractivity contribution in [2.24, 2.45) is 11.1 Å². The van der Waals surface area contributed by atoms with E-state index in [2.05, 4.69) is 11.6 Å². The number of benzene rings is 1. The lowest BCUT2D eigenvalue weighted by molar-refractivity contribution is 0.0265. The van der Waals surface area contributed by atoms with E-state index in [1.165, 1.54) is 0 Å². The van der Waals surface area contributed by atoms with Crippen LogP contribution in [0.3, 0.4) is 0 Å². The molecule has 1 aliphatic rings. The molecule has 0 saturated carbocycles. The first-order valence-corrected chi connectivity index (χ1v) is 8.72. The van der Waals surface area contributed by atoms with Gasteiger partial charge in [0.2, 0.25) is 10.0 Å². The minimum absolute atomic E-state index is 0.0302. The zero-order chi connectivity index (χ0) is 15.5. The second-order valence-corrected chi connectivity index (χ2v) is 7.81. The van der Waals surface area contributed by atoms with Crippen molar-refractivity contribution in [3.8, 4) is 0 Å². The molecule has 1 heterocycles. The smallest absolute Gasteiger partial charge is 0.240 e. The maximum absolute atomic E-state index is 12.4. The first-order valence-electron chi connectivity index (χ1n) is 7.23. The van der Waals surface area contributed by atoms with Gasteiger partial charge in [0.15, 0.2) is 0 Å². The minimum Gasteiger partial charge on any atom is -0.381 e. The van der Waals surface area contributed by atoms with Crippen molar-refractivity contribution in [1.29, 1.82) is 0 Å². The predicted octanol–water partition coefficient (Wildman–Crippen LogP) is 1.55. The van der Waals surface area contributed by atoms with Gasteiger partial charge in [0.25, 0.3) is 0 Å². The number of nitrogens with two attached hydrogens (primary N) is 1. The third-order valence-electron chi connectivity index (χ3n) is 4.23. The molecule has 0 aliphatic carbocycles. The maximum Gasteiger partial charge on any atom is 0.240 e. The minimum atomic E-state index is -3.48. The number of aryl methyl sites for hydroxylation is 1. The summed E-state index contributed by atoms with van der Waals surface area (Å²) in [5.74, 6) is 0. The van der Waals surface area contributed by atoms with Crippen molar-refractivity contribution < 1.29 is 13.2 Å². The van der Waals surface area contributed by atoms with Gasteiger partial charge in [-0.05, 0) is 48.4 Å². The number of ether oxygens (including phenoxy) is 1. The summed E-state index contributed by atoms with van der Waals surface area (Å²) in [5, 5.41) is 0. The summed E-state index contributed by atoms with van der Waals surface area (Å²) in [7, 11) is -3.48. The zero-order valence-electron chi connectivity index (χ0n) is 12.7. The quantitative estimate of drug-likeness (QED) is 0.864. The third kappa shape index (κ3) is 4.03. The molecule has 1 aromatic rings. The molecule has 1 fully saturated rings. The van der Waals surface area contributed by atoms with E-state index in [9.17, 15) is 8.42 Å². The van der Waals surface area contributed by atoms with E-state index in [1.54, 1.807) is 18.2 Å². The third-order valence-corrected chi connectivity index (χ3v) is 5.63. The van der Waals surface area contributed by atoms with Crippen LogP contribution in [0.2, 0.25) is 0 Å². The lowest BCUT2D eigenvalue weighted by atomic mass is 9.83. The van der Waals surface area contributed by atoms with E-state index >= 15 is 0 Å². The Balaban J connectivity index is 2.09. The van der Waals surface area contributed by atoms with Gasteiger partial charge in [0, 0.05) is 26.3 Å². The molecule has 0 aromatic heterocycles. The number of hydrogen-bond donors (Lipinski definition) is 2. The highest BCUT2D eigenvalue weighted by molar-refractivity contribution is 7.89. The van der Waals surface area contributed by atoms with Crippen LogP contribution in [0.4, 0.5) is 0 Å². The molecule has 0 amide bonds. The van der Waals surface area contributed by atoms with Crippen LogP contribution in [0.1, 0.15) is 30.9 Å². The summed E-state index contributed by atoms with van der Waals surface area (Å²) < 4.78 is 32.9. The second kappa shape index (κ2) is 6.44. The highest BCUT2D eigenvalue weighted by atomic mass is 32.2. The first-order chi connectivity index (χ1) is 9.86. The predicted molar refractivity (Wildman–Crippen MR) is 82.4 cm³/mol. The monoisotopic (exact) mass is 312 g/mol. The van der Waals surface area contributed by atoms with Crippen molar-refractivity contribution in [2.75, 3.05) is 19.8 Å². The fourth-order valence-corrected chi connectivity index (χ4v) is 3.74. The Bertz CT molecular complexity index is 593. The molecule has 6 heteroatoms. The average Bonchev–Trinajstić information content (AvgIpc) is 2.46. The Hall–Kier alpha value is -0.950. The van der Waals surface area contributed by atoms with E-state index in [4.69, 9.17) is 10.5 Å². The molecule has 0 radical (unpaired) electrons. The molecule has 1 aliphatic heterocycles. The van der Waals surface area contributed by atoms with Crippen LogP contribution >= 0.6 is 0 Å². The molecule has 0 bridgehead atoms. The van der Waals surface area contributed by atoms with Gasteiger partial charge >= 0.3 is 0 Å². The molecule has 3 N–H and O–H groups in total. The summed E-state index contributed by atoms with van der Waals surface area (Å²) in [6, 6.07) is 5.07. The zero-order valence-corrected chi connectivity index (χ0v) is 13.5. The van der Waals surface area contributed by atoms with Crippen molar-refractivity contribution in [3.05, 3.63) is 29.3 Å². The van der Waals surface area contributed by atoms with E-state index in [-0.39, 0.29) is 5.41 Å². The van der Waals surface area contributed by atoms with E-state index in [0.29, 0.717) is 31.2 Å². The van der Waals surface area contributed by atoms with Gasteiger partial charge in [0.05, 0.1) is 4.90 Å². The number of sulfonamides is 1. The molecule has 5 nitrogen and oxygen atoms in total. The second-order valence-electron chi connectivity index (χ2n) is 6.04. The van der Waals surface area contributed by atoms with Crippen LogP contribution in [-0.4, -0.2) is 28.2 Å². The van der Waals surface area contributed by atoms with Crippen LogP contribution in [0.5, 0.6) is 0 Å². The van der Waals surface area contributed by atoms with Crippen LogP contribution in [0, 0.1) is 12.3 Å². The highest BCUT2D eigenvalue weighted by Gasteiger charge is 2.29. The molecule has 21 heavy (non-hydrogen) atoms. The Morgan fingerprint density at radius 2 is 2.00 bits per heavy atom. The molecule has 118 valence electrons. The summed E-state index contributed by atoms with van der Waals surface area (Å²) in [5.41, 5.74) is 7.44. The van der Waals surface area contributed by atoms with Crippen LogP contribution in [0.15, 0.2) is 23.1 Å². The van der Waals surface area contributed by atoms with Crippen molar-refractivity contribution in [2.45, 2.75) is 38.1 Å². The topological polar surface area (TPSA) is 81.4 Å². The molecular weight excluding hydrogens is 288 g/mol. The van der Waals surface area contributed by atoms with Crippen LogP contribution in [-0.2, 0) is 21.3 Å². The van der Waals surface area contributed by atoms with Crippen LogP contribution in [0.25, 0.3) is 0 Å². The average molecular weight is 312 g/mol. The lowest BCUT2D eigenvalue weighted by Crippen LogP contribution is -2.39. The van der Waals surface area contributed by atoms with Gasteiger partial charge < -0.3 is 10.5 Å². The van der Waals surface area contributed by atoms with Gasteiger partial charge in [-0.15, -0.1) is 0 Å². The summed E-state index contributed by atoms with van der Waals surface area (Å²) in [4.78, 5) is 0.299. The Labute approximate surface area is 126 Å². The number of nitrogens with one attached hydrogen (secondary N) is 1. The van der Waals surface area contributed by atoms with Gasteiger partial charge in [-0.25, -0.2) is 13.1 Å². The van der Waals surface area contributed by atoms with Crippen molar-refractivity contribution in [3.63, 3.8) is 0 Å². The molecule has 2 rings (SSSR count). The van der Waals surface area contributed by atoms with E-state index in [0.717, 1.165) is 24.0 Å². The van der Waals surface area contributed by atoms with Crippen LogP contribution < -0.4 is 10.5 Å². The van der Waals surface area contributed by atoms with E-state index in [1.807, 2.05) is 6.92 Å². The molecule has 1 aromatic carbocycles. The SMILES string of the molecule is Cc1cc(S(=O)(=O)NCC2(C)CCOCC2)ccc1CN. The van der Waals surface area contributed by atoms with Crippen molar-refractivity contribution >= 4 is 10.0 Å². The Morgan fingerprint density at radius 1 is 1.33 bits per heavy atom. The fraction of sp³-hybridized carbons (Fsp3) is 0.600. The summed E-state index contributed by atoms with van der Waals surface area (Å²) in [6.07, 6.45) is 1.75. The Kier molecular flexibility index (Phi) is 5.03. The highest BCUT2D eigenvalue weighted by Crippen LogP contribution is 2.29.